The number of amides is 1. The Morgan fingerprint density at radius 2 is 2.07 bits per heavy atom. The largest absolute Gasteiger partial charge is 0.447 e. The van der Waals surface area contributed by atoms with Crippen LogP contribution in [-0.4, -0.2) is 23.9 Å². The van der Waals surface area contributed by atoms with Gasteiger partial charge in [0.2, 0.25) is 0 Å². The molecule has 0 saturated heterocycles. The molecule has 15 heavy (non-hydrogen) atoms. The van der Waals surface area contributed by atoms with Gasteiger partial charge < -0.3 is 9.84 Å². The zero-order valence-corrected chi connectivity index (χ0v) is 8.86. The SMILES string of the molecule is Cc1ccc(NC(=O)OCC(C)O)cc1. The molecule has 0 aromatic heterocycles. The Labute approximate surface area is 88.9 Å². The number of aryl methyl sites for hydroxylation is 1. The highest BCUT2D eigenvalue weighted by Crippen LogP contribution is 2.08. The first-order valence-corrected chi connectivity index (χ1v) is 4.76. The standard InChI is InChI=1S/C11H15NO3/c1-8-3-5-10(6-4-8)12-11(14)15-7-9(2)13/h3-6,9,13H,7H2,1-2H3,(H,12,14). The Morgan fingerprint density at radius 1 is 1.47 bits per heavy atom. The summed E-state index contributed by atoms with van der Waals surface area (Å²) in [5.74, 6) is 0. The van der Waals surface area contributed by atoms with E-state index in [9.17, 15) is 4.79 Å². The van der Waals surface area contributed by atoms with E-state index in [1.165, 1.54) is 0 Å². The lowest BCUT2D eigenvalue weighted by molar-refractivity contribution is 0.0858. The number of hydrogen-bond acceptors (Lipinski definition) is 3. The van der Waals surface area contributed by atoms with Crippen LogP contribution in [0, 0.1) is 6.92 Å². The molecule has 1 atom stereocenters. The van der Waals surface area contributed by atoms with Crippen molar-refractivity contribution in [3.63, 3.8) is 0 Å². The van der Waals surface area contributed by atoms with E-state index in [1.54, 1.807) is 19.1 Å². The highest BCUT2D eigenvalue weighted by molar-refractivity contribution is 5.84. The highest BCUT2D eigenvalue weighted by atomic mass is 16.6. The van der Waals surface area contributed by atoms with E-state index in [0.29, 0.717) is 5.69 Å². The van der Waals surface area contributed by atoms with Gasteiger partial charge in [0.15, 0.2) is 0 Å². The van der Waals surface area contributed by atoms with Crippen molar-refractivity contribution >= 4 is 11.8 Å². The molecule has 1 unspecified atom stereocenters. The minimum atomic E-state index is -0.645. The minimum absolute atomic E-state index is 0.00229. The van der Waals surface area contributed by atoms with Crippen LogP contribution in [0.2, 0.25) is 0 Å². The quantitative estimate of drug-likeness (QED) is 0.799. The van der Waals surface area contributed by atoms with Gasteiger partial charge in [0.05, 0.1) is 6.10 Å². The van der Waals surface area contributed by atoms with Gasteiger partial charge in [-0.25, -0.2) is 4.79 Å². The molecule has 0 saturated carbocycles. The van der Waals surface area contributed by atoms with E-state index in [0.717, 1.165) is 5.56 Å². The lowest BCUT2D eigenvalue weighted by Gasteiger charge is -2.08. The number of ether oxygens (including phenoxy) is 1. The monoisotopic (exact) mass is 209 g/mol. The third-order valence-electron chi connectivity index (χ3n) is 1.75. The number of aliphatic hydroxyl groups excluding tert-OH is 1. The molecule has 4 heteroatoms. The normalized spacial score (nSPS) is 11.9. The van der Waals surface area contributed by atoms with Crippen molar-refractivity contribution in [2.24, 2.45) is 0 Å². The summed E-state index contributed by atoms with van der Waals surface area (Å²) in [7, 11) is 0. The van der Waals surface area contributed by atoms with E-state index in [1.807, 2.05) is 19.1 Å². The van der Waals surface area contributed by atoms with Gasteiger partial charge in [-0.2, -0.15) is 0 Å². The first-order valence-electron chi connectivity index (χ1n) is 4.76. The van der Waals surface area contributed by atoms with Crippen molar-refractivity contribution in [1.82, 2.24) is 0 Å². The van der Waals surface area contributed by atoms with Crippen molar-refractivity contribution in [1.29, 1.82) is 0 Å². The van der Waals surface area contributed by atoms with E-state index in [2.05, 4.69) is 5.32 Å². The van der Waals surface area contributed by atoms with Crippen LogP contribution in [0.4, 0.5) is 10.5 Å². The maximum absolute atomic E-state index is 11.2. The van der Waals surface area contributed by atoms with E-state index in [-0.39, 0.29) is 6.61 Å². The van der Waals surface area contributed by atoms with Gasteiger partial charge in [0, 0.05) is 5.69 Å². The fourth-order valence-electron chi connectivity index (χ4n) is 0.987. The summed E-state index contributed by atoms with van der Waals surface area (Å²) in [4.78, 5) is 11.2. The van der Waals surface area contributed by atoms with Crippen molar-refractivity contribution in [2.75, 3.05) is 11.9 Å². The van der Waals surface area contributed by atoms with Gasteiger partial charge in [0.1, 0.15) is 6.61 Å². The fraction of sp³-hybridized carbons (Fsp3) is 0.364. The molecule has 0 bridgehead atoms. The molecule has 0 fully saturated rings. The van der Waals surface area contributed by atoms with Crippen molar-refractivity contribution < 1.29 is 14.6 Å². The highest BCUT2D eigenvalue weighted by Gasteiger charge is 2.04. The third kappa shape index (κ3) is 4.46. The Morgan fingerprint density at radius 3 is 2.60 bits per heavy atom. The number of carbonyl (C=O) groups excluding carboxylic acids is 1. The second-order valence-corrected chi connectivity index (χ2v) is 3.44. The molecule has 1 aromatic carbocycles. The zero-order valence-electron chi connectivity index (χ0n) is 8.86. The lowest BCUT2D eigenvalue weighted by Crippen LogP contribution is -2.19. The van der Waals surface area contributed by atoms with E-state index in [4.69, 9.17) is 9.84 Å². The van der Waals surface area contributed by atoms with Crippen LogP contribution in [0.3, 0.4) is 0 Å². The smallest absolute Gasteiger partial charge is 0.411 e. The number of rotatable bonds is 3. The number of carbonyl (C=O) groups is 1. The molecular formula is C11H15NO3. The summed E-state index contributed by atoms with van der Waals surface area (Å²) in [5.41, 5.74) is 1.80. The maximum Gasteiger partial charge on any atom is 0.411 e. The first-order chi connectivity index (χ1) is 7.08. The zero-order chi connectivity index (χ0) is 11.3. The van der Waals surface area contributed by atoms with Crippen LogP contribution in [0.15, 0.2) is 24.3 Å². The molecule has 1 aromatic rings. The molecule has 0 radical (unpaired) electrons. The molecule has 0 aliphatic rings. The van der Waals surface area contributed by atoms with E-state index >= 15 is 0 Å². The molecule has 2 N–H and O–H groups in total. The number of benzene rings is 1. The molecule has 0 aliphatic heterocycles. The molecule has 1 rings (SSSR count). The van der Waals surface area contributed by atoms with Gasteiger partial charge in [0.25, 0.3) is 0 Å². The predicted molar refractivity (Wildman–Crippen MR) is 57.8 cm³/mol. The Balaban J connectivity index is 2.41. The number of hydrogen-bond donors (Lipinski definition) is 2. The summed E-state index contributed by atoms with van der Waals surface area (Å²) in [5, 5.41) is 11.5. The predicted octanol–water partition coefficient (Wildman–Crippen LogP) is 1.92. The number of aliphatic hydroxyl groups is 1. The van der Waals surface area contributed by atoms with E-state index < -0.39 is 12.2 Å². The molecule has 4 nitrogen and oxygen atoms in total. The molecule has 82 valence electrons. The van der Waals surface area contributed by atoms with Crippen molar-refractivity contribution in [2.45, 2.75) is 20.0 Å². The second kappa shape index (κ2) is 5.36. The fourth-order valence-corrected chi connectivity index (χ4v) is 0.987. The summed E-state index contributed by atoms with van der Waals surface area (Å²) in [6.45, 7) is 3.52. The Hall–Kier alpha value is -1.55. The van der Waals surface area contributed by atoms with Crippen LogP contribution in [-0.2, 0) is 4.74 Å². The molecular weight excluding hydrogens is 194 g/mol. The van der Waals surface area contributed by atoms with Crippen LogP contribution < -0.4 is 5.32 Å². The lowest BCUT2D eigenvalue weighted by atomic mass is 10.2. The molecule has 1 amide bonds. The number of nitrogens with one attached hydrogen (secondary N) is 1. The second-order valence-electron chi connectivity index (χ2n) is 3.44. The van der Waals surface area contributed by atoms with Crippen LogP contribution in [0.1, 0.15) is 12.5 Å². The van der Waals surface area contributed by atoms with Crippen molar-refractivity contribution in [3.8, 4) is 0 Å². The third-order valence-corrected chi connectivity index (χ3v) is 1.75. The summed E-state index contributed by atoms with van der Waals surface area (Å²) < 4.78 is 4.74. The molecule has 0 heterocycles. The first kappa shape index (κ1) is 11.5. The van der Waals surface area contributed by atoms with Crippen LogP contribution in [0.25, 0.3) is 0 Å². The van der Waals surface area contributed by atoms with Gasteiger partial charge >= 0.3 is 6.09 Å². The minimum Gasteiger partial charge on any atom is -0.447 e. The molecule has 0 spiro atoms. The summed E-state index contributed by atoms with van der Waals surface area (Å²) >= 11 is 0. The van der Waals surface area contributed by atoms with Gasteiger partial charge in [-0.05, 0) is 26.0 Å². The molecule has 0 aliphatic carbocycles. The van der Waals surface area contributed by atoms with Crippen LogP contribution in [0.5, 0.6) is 0 Å². The summed E-state index contributed by atoms with van der Waals surface area (Å²) in [6, 6.07) is 7.37. The summed E-state index contributed by atoms with van der Waals surface area (Å²) in [6.07, 6.45) is -1.20. The average Bonchev–Trinajstić information content (AvgIpc) is 2.19. The maximum atomic E-state index is 11.2. The Kier molecular flexibility index (Phi) is 4.12. The van der Waals surface area contributed by atoms with Gasteiger partial charge in [-0.15, -0.1) is 0 Å². The van der Waals surface area contributed by atoms with Gasteiger partial charge in [-0.1, -0.05) is 17.7 Å². The van der Waals surface area contributed by atoms with Crippen molar-refractivity contribution in [3.05, 3.63) is 29.8 Å². The Bertz CT molecular complexity index is 319. The van der Waals surface area contributed by atoms with Gasteiger partial charge in [-0.3, -0.25) is 5.32 Å². The average molecular weight is 209 g/mol. The van der Waals surface area contributed by atoms with Crippen LogP contribution >= 0.6 is 0 Å². The topological polar surface area (TPSA) is 58.6 Å². The number of anilines is 1.